The molecule has 1 heterocycles. The maximum Gasteiger partial charge on any atom is 0.354 e. The number of aromatic nitrogens is 2. The number of carboxylic acid groups (broad SMARTS) is 1. The Kier molecular flexibility index (Phi) is 3.72. The molecule has 18 heavy (non-hydrogen) atoms. The smallest absolute Gasteiger partial charge is 0.354 e. The van der Waals surface area contributed by atoms with E-state index in [0.717, 1.165) is 10.0 Å². The lowest BCUT2D eigenvalue weighted by atomic mass is 10.1. The van der Waals surface area contributed by atoms with Gasteiger partial charge in [0.2, 0.25) is 0 Å². The maximum absolute atomic E-state index is 10.9. The topological polar surface area (TPSA) is 63.1 Å². The molecule has 1 N–H and O–H groups in total. The Morgan fingerprint density at radius 3 is 2.56 bits per heavy atom. The predicted molar refractivity (Wildman–Crippen MR) is 70.7 cm³/mol. The number of halogens is 1. The lowest BCUT2D eigenvalue weighted by Gasteiger charge is -2.04. The molecule has 4 nitrogen and oxygen atoms in total. The number of carbonyl (C=O) groups is 1. The third kappa shape index (κ3) is 3.13. The van der Waals surface area contributed by atoms with Crippen molar-refractivity contribution in [1.82, 2.24) is 9.97 Å². The number of aryl methyl sites for hydroxylation is 1. The van der Waals surface area contributed by atoms with Crippen molar-refractivity contribution in [1.29, 1.82) is 0 Å². The van der Waals surface area contributed by atoms with E-state index in [1.54, 1.807) is 6.92 Å². The van der Waals surface area contributed by atoms with Crippen molar-refractivity contribution in [2.45, 2.75) is 13.3 Å². The van der Waals surface area contributed by atoms with E-state index in [0.29, 0.717) is 17.9 Å². The van der Waals surface area contributed by atoms with Gasteiger partial charge in [-0.2, -0.15) is 0 Å². The van der Waals surface area contributed by atoms with Crippen LogP contribution in [0, 0.1) is 6.92 Å². The quantitative estimate of drug-likeness (QED) is 0.947. The number of hydrogen-bond acceptors (Lipinski definition) is 3. The van der Waals surface area contributed by atoms with Gasteiger partial charge in [0.05, 0.1) is 0 Å². The highest BCUT2D eigenvalue weighted by molar-refractivity contribution is 9.10. The molecule has 0 radical (unpaired) electrons. The van der Waals surface area contributed by atoms with E-state index in [1.807, 2.05) is 24.3 Å². The van der Waals surface area contributed by atoms with Crippen LogP contribution >= 0.6 is 15.9 Å². The highest BCUT2D eigenvalue weighted by Crippen LogP contribution is 2.13. The summed E-state index contributed by atoms with van der Waals surface area (Å²) in [4.78, 5) is 19.2. The molecule has 92 valence electrons. The minimum absolute atomic E-state index is 0.0367. The Morgan fingerprint density at radius 1 is 1.28 bits per heavy atom. The molecule has 0 bridgehead atoms. The molecule has 0 amide bonds. The monoisotopic (exact) mass is 306 g/mol. The predicted octanol–water partition coefficient (Wildman–Crippen LogP) is 2.84. The first-order valence-corrected chi connectivity index (χ1v) is 6.16. The van der Waals surface area contributed by atoms with Crippen LogP contribution in [0.15, 0.2) is 34.8 Å². The molecule has 0 aliphatic rings. The number of nitrogens with zero attached hydrogens (tertiary/aromatic N) is 2. The second kappa shape index (κ2) is 5.27. The third-order valence-electron chi connectivity index (χ3n) is 2.40. The zero-order valence-corrected chi connectivity index (χ0v) is 11.3. The first-order valence-electron chi connectivity index (χ1n) is 5.37. The Balaban J connectivity index is 2.28. The minimum Gasteiger partial charge on any atom is -0.477 e. The maximum atomic E-state index is 10.9. The lowest BCUT2D eigenvalue weighted by molar-refractivity contribution is 0.0689. The summed E-state index contributed by atoms with van der Waals surface area (Å²) < 4.78 is 1.00. The van der Waals surface area contributed by atoms with Crippen molar-refractivity contribution in [3.63, 3.8) is 0 Å². The van der Waals surface area contributed by atoms with Crippen LogP contribution in [0.3, 0.4) is 0 Å². The Labute approximate surface area is 113 Å². The SMILES string of the molecule is Cc1cc(C(=O)O)nc(Cc2ccc(Br)cc2)n1. The molecule has 2 rings (SSSR count). The zero-order valence-electron chi connectivity index (χ0n) is 9.72. The zero-order chi connectivity index (χ0) is 13.1. The van der Waals surface area contributed by atoms with Gasteiger partial charge in [-0.05, 0) is 30.7 Å². The fourth-order valence-electron chi connectivity index (χ4n) is 1.60. The van der Waals surface area contributed by atoms with Crippen molar-refractivity contribution in [2.24, 2.45) is 0 Å². The highest BCUT2D eigenvalue weighted by Gasteiger charge is 2.09. The molecule has 0 aliphatic carbocycles. The summed E-state index contributed by atoms with van der Waals surface area (Å²) >= 11 is 3.36. The van der Waals surface area contributed by atoms with Gasteiger partial charge in [0, 0.05) is 16.6 Å². The van der Waals surface area contributed by atoms with Gasteiger partial charge >= 0.3 is 5.97 Å². The van der Waals surface area contributed by atoms with E-state index >= 15 is 0 Å². The van der Waals surface area contributed by atoms with Crippen LogP contribution in [0.5, 0.6) is 0 Å². The van der Waals surface area contributed by atoms with E-state index < -0.39 is 5.97 Å². The fraction of sp³-hybridized carbons (Fsp3) is 0.154. The van der Waals surface area contributed by atoms with Crippen LogP contribution in [0.4, 0.5) is 0 Å². The van der Waals surface area contributed by atoms with Crippen LogP contribution in [0.25, 0.3) is 0 Å². The molecule has 5 heteroatoms. The largest absolute Gasteiger partial charge is 0.477 e. The van der Waals surface area contributed by atoms with Crippen molar-refractivity contribution in [3.8, 4) is 0 Å². The number of carboxylic acids is 1. The van der Waals surface area contributed by atoms with Crippen LogP contribution < -0.4 is 0 Å². The summed E-state index contributed by atoms with van der Waals surface area (Å²) in [6, 6.07) is 9.24. The summed E-state index contributed by atoms with van der Waals surface area (Å²) in [7, 11) is 0. The van der Waals surface area contributed by atoms with Crippen LogP contribution in [0.2, 0.25) is 0 Å². The van der Waals surface area contributed by atoms with E-state index in [2.05, 4.69) is 25.9 Å². The van der Waals surface area contributed by atoms with Crippen LogP contribution in [-0.4, -0.2) is 21.0 Å². The second-order valence-corrected chi connectivity index (χ2v) is 4.83. The minimum atomic E-state index is -1.03. The number of aromatic carboxylic acids is 1. The number of rotatable bonds is 3. The van der Waals surface area contributed by atoms with Crippen molar-refractivity contribution < 1.29 is 9.90 Å². The molecule has 0 saturated heterocycles. The van der Waals surface area contributed by atoms with Gasteiger partial charge in [-0.3, -0.25) is 0 Å². The molecule has 1 aromatic carbocycles. The van der Waals surface area contributed by atoms with Crippen molar-refractivity contribution >= 4 is 21.9 Å². The summed E-state index contributed by atoms with van der Waals surface area (Å²) in [5, 5.41) is 8.94. The van der Waals surface area contributed by atoms with Gasteiger partial charge in [0.25, 0.3) is 0 Å². The Bertz CT molecular complexity index is 582. The standard InChI is InChI=1S/C13H11BrN2O2/c1-8-6-11(13(17)18)16-12(15-8)7-9-2-4-10(14)5-3-9/h2-6H,7H2,1H3,(H,17,18). The molecule has 0 saturated carbocycles. The molecule has 0 fully saturated rings. The molecule has 1 aromatic heterocycles. The van der Waals surface area contributed by atoms with E-state index in [4.69, 9.17) is 5.11 Å². The van der Waals surface area contributed by atoms with E-state index in [1.165, 1.54) is 6.07 Å². The average molecular weight is 307 g/mol. The molecule has 0 unspecified atom stereocenters. The fourth-order valence-corrected chi connectivity index (χ4v) is 1.87. The summed E-state index contributed by atoms with van der Waals surface area (Å²) in [6.45, 7) is 1.76. The second-order valence-electron chi connectivity index (χ2n) is 3.92. The van der Waals surface area contributed by atoms with Crippen LogP contribution in [-0.2, 0) is 6.42 Å². The Hall–Kier alpha value is -1.75. The molecule has 0 spiro atoms. The van der Waals surface area contributed by atoms with E-state index in [-0.39, 0.29) is 5.69 Å². The summed E-state index contributed by atoms with van der Waals surface area (Å²) in [6.07, 6.45) is 0.523. The van der Waals surface area contributed by atoms with Crippen molar-refractivity contribution in [2.75, 3.05) is 0 Å². The molecular formula is C13H11BrN2O2. The summed E-state index contributed by atoms with van der Waals surface area (Å²) in [5.74, 6) is -0.507. The first-order chi connectivity index (χ1) is 8.54. The first kappa shape index (κ1) is 12.7. The van der Waals surface area contributed by atoms with Gasteiger partial charge in [-0.1, -0.05) is 28.1 Å². The van der Waals surface area contributed by atoms with Gasteiger partial charge < -0.3 is 5.11 Å². The third-order valence-corrected chi connectivity index (χ3v) is 2.92. The molecule has 0 aliphatic heterocycles. The normalized spacial score (nSPS) is 10.3. The molecular weight excluding hydrogens is 296 g/mol. The van der Waals surface area contributed by atoms with Gasteiger partial charge in [0.15, 0.2) is 5.69 Å². The molecule has 0 atom stereocenters. The van der Waals surface area contributed by atoms with Gasteiger partial charge in [0.1, 0.15) is 5.82 Å². The van der Waals surface area contributed by atoms with Crippen LogP contribution in [0.1, 0.15) is 27.6 Å². The highest BCUT2D eigenvalue weighted by atomic mass is 79.9. The molecule has 2 aromatic rings. The average Bonchev–Trinajstić information content (AvgIpc) is 2.31. The lowest BCUT2D eigenvalue weighted by Crippen LogP contribution is -2.07. The number of hydrogen-bond donors (Lipinski definition) is 1. The Morgan fingerprint density at radius 2 is 1.94 bits per heavy atom. The van der Waals surface area contributed by atoms with Gasteiger partial charge in [-0.25, -0.2) is 14.8 Å². The summed E-state index contributed by atoms with van der Waals surface area (Å²) in [5.41, 5.74) is 1.74. The van der Waals surface area contributed by atoms with Gasteiger partial charge in [-0.15, -0.1) is 0 Å². The van der Waals surface area contributed by atoms with E-state index in [9.17, 15) is 4.79 Å². The number of benzene rings is 1. The van der Waals surface area contributed by atoms with Crippen molar-refractivity contribution in [3.05, 3.63) is 57.6 Å².